The van der Waals surface area contributed by atoms with Gasteiger partial charge in [0, 0.05) is 37.2 Å². The van der Waals surface area contributed by atoms with E-state index in [9.17, 15) is 14.9 Å². The summed E-state index contributed by atoms with van der Waals surface area (Å²) >= 11 is 0. The van der Waals surface area contributed by atoms with E-state index in [-0.39, 0.29) is 17.3 Å². The van der Waals surface area contributed by atoms with E-state index in [2.05, 4.69) is 5.92 Å². The molecule has 0 radical (unpaired) electrons. The van der Waals surface area contributed by atoms with E-state index in [0.29, 0.717) is 31.0 Å². The second kappa shape index (κ2) is 6.94. The molecule has 1 fully saturated rings. The summed E-state index contributed by atoms with van der Waals surface area (Å²) in [7, 11) is 1.35. The van der Waals surface area contributed by atoms with Gasteiger partial charge in [0.2, 0.25) is 0 Å². The number of hydrogen-bond acceptors (Lipinski definition) is 4. The molecule has 22 heavy (non-hydrogen) atoms. The first-order valence-corrected chi connectivity index (χ1v) is 7.12. The SMILES string of the molecule is C#CCC1CCCN(C(=O)c2ccc([N+](=O)[O-])c(OC)c2)C1. The second-order valence-electron chi connectivity index (χ2n) is 5.31. The van der Waals surface area contributed by atoms with Gasteiger partial charge in [0.25, 0.3) is 5.91 Å². The number of methoxy groups -OCH3 is 1. The lowest BCUT2D eigenvalue weighted by atomic mass is 9.94. The Labute approximate surface area is 129 Å². The highest BCUT2D eigenvalue weighted by molar-refractivity contribution is 5.95. The number of ether oxygens (including phenoxy) is 1. The molecule has 1 aliphatic rings. The van der Waals surface area contributed by atoms with Crippen molar-refractivity contribution >= 4 is 11.6 Å². The van der Waals surface area contributed by atoms with Crippen LogP contribution in [0, 0.1) is 28.4 Å². The molecule has 2 rings (SSSR count). The molecule has 1 unspecified atom stereocenters. The Hall–Kier alpha value is -2.55. The first-order valence-electron chi connectivity index (χ1n) is 7.12. The summed E-state index contributed by atoms with van der Waals surface area (Å²) in [6.45, 7) is 1.31. The third kappa shape index (κ3) is 3.37. The highest BCUT2D eigenvalue weighted by atomic mass is 16.6. The van der Waals surface area contributed by atoms with Crippen molar-refractivity contribution in [3.63, 3.8) is 0 Å². The summed E-state index contributed by atoms with van der Waals surface area (Å²) < 4.78 is 5.01. The Bertz CT molecular complexity index is 621. The van der Waals surface area contributed by atoms with E-state index in [4.69, 9.17) is 11.2 Å². The van der Waals surface area contributed by atoms with Gasteiger partial charge in [-0.3, -0.25) is 14.9 Å². The van der Waals surface area contributed by atoms with Crippen LogP contribution in [0.15, 0.2) is 18.2 Å². The molecular weight excluding hydrogens is 284 g/mol. The number of carbonyl (C=O) groups is 1. The highest BCUT2D eigenvalue weighted by Gasteiger charge is 2.25. The monoisotopic (exact) mass is 302 g/mol. The number of amides is 1. The molecule has 6 nitrogen and oxygen atoms in total. The molecule has 0 N–H and O–H groups in total. The normalized spacial score (nSPS) is 17.6. The van der Waals surface area contributed by atoms with Crippen molar-refractivity contribution < 1.29 is 14.5 Å². The summed E-state index contributed by atoms with van der Waals surface area (Å²) in [5, 5.41) is 10.9. The standard InChI is InChI=1S/C16H18N2O4/c1-3-5-12-6-4-9-17(11-12)16(19)13-7-8-14(18(20)21)15(10-13)22-2/h1,7-8,10,12H,4-6,9,11H2,2H3. The average molecular weight is 302 g/mol. The van der Waals surface area contributed by atoms with Crippen LogP contribution in [-0.2, 0) is 0 Å². The van der Waals surface area contributed by atoms with Gasteiger partial charge in [0.15, 0.2) is 5.75 Å². The number of hydrogen-bond donors (Lipinski definition) is 0. The first-order chi connectivity index (χ1) is 10.6. The van der Waals surface area contributed by atoms with Crippen molar-refractivity contribution in [3.8, 4) is 18.1 Å². The molecular formula is C16H18N2O4. The maximum Gasteiger partial charge on any atom is 0.310 e. The Morgan fingerprint density at radius 3 is 3.00 bits per heavy atom. The maximum absolute atomic E-state index is 12.5. The number of nitro benzene ring substituents is 1. The molecule has 0 aromatic heterocycles. The Morgan fingerprint density at radius 2 is 2.36 bits per heavy atom. The summed E-state index contributed by atoms with van der Waals surface area (Å²) in [4.78, 5) is 24.7. The van der Waals surface area contributed by atoms with E-state index < -0.39 is 4.92 Å². The topological polar surface area (TPSA) is 72.7 Å². The average Bonchev–Trinajstić information content (AvgIpc) is 2.54. The zero-order valence-corrected chi connectivity index (χ0v) is 12.4. The minimum absolute atomic E-state index is 0.0908. The van der Waals surface area contributed by atoms with Crippen LogP contribution >= 0.6 is 0 Å². The van der Waals surface area contributed by atoms with Gasteiger partial charge in [-0.25, -0.2) is 0 Å². The van der Waals surface area contributed by atoms with E-state index in [1.165, 1.54) is 25.3 Å². The second-order valence-corrected chi connectivity index (χ2v) is 5.31. The third-order valence-electron chi connectivity index (χ3n) is 3.84. The Balaban J connectivity index is 2.19. The fraction of sp³-hybridized carbons (Fsp3) is 0.438. The molecule has 1 aliphatic heterocycles. The summed E-state index contributed by atoms with van der Waals surface area (Å²) in [5.74, 6) is 2.91. The number of nitrogens with zero attached hydrogens (tertiary/aromatic N) is 2. The zero-order valence-electron chi connectivity index (χ0n) is 12.4. The van der Waals surface area contributed by atoms with Crippen LogP contribution in [0.25, 0.3) is 0 Å². The lowest BCUT2D eigenvalue weighted by Gasteiger charge is -2.32. The predicted molar refractivity (Wildman–Crippen MR) is 81.7 cm³/mol. The molecule has 1 heterocycles. The van der Waals surface area contributed by atoms with Crippen molar-refractivity contribution in [1.29, 1.82) is 0 Å². The molecule has 0 aliphatic carbocycles. The minimum atomic E-state index is -0.531. The molecule has 6 heteroatoms. The van der Waals surface area contributed by atoms with Crippen molar-refractivity contribution in [3.05, 3.63) is 33.9 Å². The molecule has 1 aromatic carbocycles. The molecule has 116 valence electrons. The number of likely N-dealkylation sites (tertiary alicyclic amines) is 1. The number of benzene rings is 1. The lowest BCUT2D eigenvalue weighted by Crippen LogP contribution is -2.39. The number of piperidine rings is 1. The van der Waals surface area contributed by atoms with Crippen molar-refractivity contribution in [2.75, 3.05) is 20.2 Å². The van der Waals surface area contributed by atoms with E-state index in [0.717, 1.165) is 12.8 Å². The molecule has 1 atom stereocenters. The third-order valence-corrected chi connectivity index (χ3v) is 3.84. The van der Waals surface area contributed by atoms with Crippen LogP contribution in [0.1, 0.15) is 29.6 Å². The van der Waals surface area contributed by atoms with Crippen LogP contribution in [-0.4, -0.2) is 35.9 Å². The van der Waals surface area contributed by atoms with Crippen LogP contribution in [0.5, 0.6) is 5.75 Å². The van der Waals surface area contributed by atoms with Gasteiger partial charge in [-0.15, -0.1) is 12.3 Å². The molecule has 1 amide bonds. The predicted octanol–water partition coefficient (Wildman–Crippen LogP) is 2.48. The van der Waals surface area contributed by atoms with Gasteiger partial charge in [0.1, 0.15) is 0 Å². The van der Waals surface area contributed by atoms with Crippen molar-refractivity contribution in [2.24, 2.45) is 5.92 Å². The molecule has 0 saturated carbocycles. The number of nitro groups is 1. The van der Waals surface area contributed by atoms with Gasteiger partial charge >= 0.3 is 5.69 Å². The van der Waals surface area contributed by atoms with E-state index >= 15 is 0 Å². The van der Waals surface area contributed by atoms with Gasteiger partial charge < -0.3 is 9.64 Å². The fourth-order valence-electron chi connectivity index (χ4n) is 2.73. The summed E-state index contributed by atoms with van der Waals surface area (Å²) in [6.07, 6.45) is 7.95. The zero-order chi connectivity index (χ0) is 16.1. The van der Waals surface area contributed by atoms with Gasteiger partial charge in [-0.1, -0.05) is 0 Å². The van der Waals surface area contributed by atoms with Crippen LogP contribution in [0.3, 0.4) is 0 Å². The Kier molecular flexibility index (Phi) is 4.99. The van der Waals surface area contributed by atoms with E-state index in [1.54, 1.807) is 4.90 Å². The van der Waals surface area contributed by atoms with Gasteiger partial charge in [0.05, 0.1) is 12.0 Å². The number of terminal acetylenes is 1. The molecule has 0 bridgehead atoms. The van der Waals surface area contributed by atoms with Gasteiger partial charge in [-0.05, 0) is 24.8 Å². The minimum Gasteiger partial charge on any atom is -0.490 e. The molecule has 0 spiro atoms. The van der Waals surface area contributed by atoms with Crippen molar-refractivity contribution in [2.45, 2.75) is 19.3 Å². The van der Waals surface area contributed by atoms with Crippen LogP contribution in [0.2, 0.25) is 0 Å². The number of rotatable bonds is 4. The lowest BCUT2D eigenvalue weighted by molar-refractivity contribution is -0.385. The van der Waals surface area contributed by atoms with Crippen molar-refractivity contribution in [1.82, 2.24) is 4.90 Å². The van der Waals surface area contributed by atoms with E-state index in [1.807, 2.05) is 0 Å². The quantitative estimate of drug-likeness (QED) is 0.486. The Morgan fingerprint density at radius 1 is 1.59 bits per heavy atom. The largest absolute Gasteiger partial charge is 0.490 e. The van der Waals surface area contributed by atoms with Crippen LogP contribution < -0.4 is 4.74 Å². The van der Waals surface area contributed by atoms with Gasteiger partial charge in [-0.2, -0.15) is 0 Å². The van der Waals surface area contributed by atoms with Crippen LogP contribution in [0.4, 0.5) is 5.69 Å². The highest BCUT2D eigenvalue weighted by Crippen LogP contribution is 2.29. The molecule has 1 saturated heterocycles. The summed E-state index contributed by atoms with van der Waals surface area (Å²) in [5.41, 5.74) is 0.242. The molecule has 1 aromatic rings. The maximum atomic E-state index is 12.5. The first kappa shape index (κ1) is 15.8. The smallest absolute Gasteiger partial charge is 0.310 e. The fourth-order valence-corrected chi connectivity index (χ4v) is 2.73. The number of carbonyl (C=O) groups excluding carboxylic acids is 1. The summed E-state index contributed by atoms with van der Waals surface area (Å²) in [6, 6.07) is 4.19.